The van der Waals surface area contributed by atoms with Crippen LogP contribution in [0.1, 0.15) is 10.4 Å². The maximum Gasteiger partial charge on any atom is 0.157 e. The Morgan fingerprint density at radius 1 is 1.30 bits per heavy atom. The van der Waals surface area contributed by atoms with Crippen LogP contribution in [0.25, 0.3) is 0 Å². The molecular weight excluding hydrogens is 132 g/mol. The van der Waals surface area contributed by atoms with Crippen LogP contribution in [0.3, 0.4) is 0 Å². The van der Waals surface area contributed by atoms with Gasteiger partial charge in [0.25, 0.3) is 0 Å². The second kappa shape index (κ2) is 2.30. The molecule has 0 atom stereocenters. The van der Waals surface area contributed by atoms with Crippen LogP contribution < -0.4 is 11.5 Å². The molecule has 0 spiro atoms. The number of carbonyl (C=O) groups is 1. The van der Waals surface area contributed by atoms with Gasteiger partial charge in [0.15, 0.2) is 6.29 Å². The highest BCUT2D eigenvalue weighted by atomic mass is 16.1. The van der Waals surface area contributed by atoms with Crippen molar-refractivity contribution < 1.29 is 4.79 Å². The predicted octanol–water partition coefficient (Wildman–Crippen LogP) is -0.546. The fourth-order valence-electron chi connectivity index (χ4n) is 0.544. The minimum atomic E-state index is 0.113. The molecule has 0 aliphatic carbocycles. The molecule has 1 aromatic heterocycles. The third-order valence-corrected chi connectivity index (χ3v) is 1.06. The van der Waals surface area contributed by atoms with Crippen LogP contribution in [0.5, 0.6) is 0 Å². The Morgan fingerprint density at radius 3 is 2.10 bits per heavy atom. The standard InChI is InChI=1S/C5H6N4O/c6-4-3(1-10)5(7)9-2-8-4/h1-2H,(H4,6,7,8,9). The van der Waals surface area contributed by atoms with Crippen molar-refractivity contribution in [2.24, 2.45) is 0 Å². The third-order valence-electron chi connectivity index (χ3n) is 1.06. The fraction of sp³-hybridized carbons (Fsp3) is 0. The van der Waals surface area contributed by atoms with Crippen LogP contribution in [0, 0.1) is 0 Å². The molecule has 4 N–H and O–H groups in total. The van der Waals surface area contributed by atoms with Gasteiger partial charge in [-0.1, -0.05) is 0 Å². The van der Waals surface area contributed by atoms with Crippen LogP contribution >= 0.6 is 0 Å². The molecule has 0 saturated heterocycles. The highest BCUT2D eigenvalue weighted by Gasteiger charge is 2.02. The molecule has 10 heavy (non-hydrogen) atoms. The summed E-state index contributed by atoms with van der Waals surface area (Å²) >= 11 is 0. The number of anilines is 2. The normalized spacial score (nSPS) is 9.20. The molecule has 0 aliphatic heterocycles. The van der Waals surface area contributed by atoms with Crippen LogP contribution in [0.2, 0.25) is 0 Å². The van der Waals surface area contributed by atoms with Crippen molar-refractivity contribution in [3.05, 3.63) is 11.9 Å². The number of nitrogen functional groups attached to an aromatic ring is 2. The predicted molar refractivity (Wildman–Crippen MR) is 36.2 cm³/mol. The Labute approximate surface area is 57.1 Å². The summed E-state index contributed by atoms with van der Waals surface area (Å²) in [7, 11) is 0. The van der Waals surface area contributed by atoms with Gasteiger partial charge >= 0.3 is 0 Å². The Balaban J connectivity index is 3.30. The lowest BCUT2D eigenvalue weighted by Gasteiger charge is -1.97. The summed E-state index contributed by atoms with van der Waals surface area (Å²) in [5.74, 6) is 0.227. The van der Waals surface area contributed by atoms with Crippen molar-refractivity contribution in [3.8, 4) is 0 Å². The lowest BCUT2D eigenvalue weighted by atomic mass is 10.3. The van der Waals surface area contributed by atoms with E-state index in [1.165, 1.54) is 6.33 Å². The van der Waals surface area contributed by atoms with Crippen LogP contribution in [-0.4, -0.2) is 16.3 Å². The van der Waals surface area contributed by atoms with Gasteiger partial charge in [-0.05, 0) is 0 Å². The van der Waals surface area contributed by atoms with E-state index < -0.39 is 0 Å². The van der Waals surface area contributed by atoms with Crippen molar-refractivity contribution in [2.45, 2.75) is 0 Å². The average Bonchev–Trinajstić information content (AvgIpc) is 1.88. The Morgan fingerprint density at radius 2 is 1.80 bits per heavy atom. The minimum Gasteiger partial charge on any atom is -0.383 e. The molecule has 0 saturated carbocycles. The van der Waals surface area contributed by atoms with Crippen LogP contribution in [-0.2, 0) is 0 Å². The molecule has 0 radical (unpaired) electrons. The topological polar surface area (TPSA) is 94.9 Å². The van der Waals surface area contributed by atoms with Gasteiger partial charge in [-0.15, -0.1) is 0 Å². The van der Waals surface area contributed by atoms with Gasteiger partial charge < -0.3 is 11.5 Å². The van der Waals surface area contributed by atoms with E-state index in [4.69, 9.17) is 11.5 Å². The summed E-state index contributed by atoms with van der Waals surface area (Å²) in [6, 6.07) is 0. The van der Waals surface area contributed by atoms with Gasteiger partial charge in [0.2, 0.25) is 0 Å². The molecule has 1 rings (SSSR count). The minimum absolute atomic E-state index is 0.113. The van der Waals surface area contributed by atoms with E-state index in [1.807, 2.05) is 0 Å². The molecule has 0 unspecified atom stereocenters. The molecule has 5 nitrogen and oxygen atoms in total. The maximum absolute atomic E-state index is 10.2. The van der Waals surface area contributed by atoms with E-state index in [1.54, 1.807) is 0 Å². The Kier molecular flexibility index (Phi) is 1.49. The van der Waals surface area contributed by atoms with E-state index in [2.05, 4.69) is 9.97 Å². The van der Waals surface area contributed by atoms with Crippen molar-refractivity contribution in [3.63, 3.8) is 0 Å². The molecule has 5 heteroatoms. The molecule has 1 heterocycles. The molecule has 0 aliphatic rings. The van der Waals surface area contributed by atoms with Gasteiger partial charge in [-0.3, -0.25) is 4.79 Å². The summed E-state index contributed by atoms with van der Waals surface area (Å²) in [4.78, 5) is 17.3. The summed E-state index contributed by atoms with van der Waals surface area (Å²) in [5.41, 5.74) is 10.7. The molecule has 52 valence electrons. The van der Waals surface area contributed by atoms with E-state index in [0.717, 1.165) is 0 Å². The highest BCUT2D eigenvalue weighted by Crippen LogP contribution is 2.09. The summed E-state index contributed by atoms with van der Waals surface area (Å²) in [6.07, 6.45) is 1.74. The first kappa shape index (κ1) is 6.47. The summed E-state index contributed by atoms with van der Waals surface area (Å²) < 4.78 is 0. The second-order valence-corrected chi connectivity index (χ2v) is 1.68. The van der Waals surface area contributed by atoms with Crippen LogP contribution in [0.15, 0.2) is 6.33 Å². The monoisotopic (exact) mass is 138 g/mol. The first-order valence-corrected chi connectivity index (χ1v) is 2.57. The number of hydrogen-bond acceptors (Lipinski definition) is 5. The number of rotatable bonds is 1. The lowest BCUT2D eigenvalue weighted by Crippen LogP contribution is -2.03. The van der Waals surface area contributed by atoms with Gasteiger partial charge in [0.1, 0.15) is 18.0 Å². The SMILES string of the molecule is Nc1ncnc(N)c1C=O. The van der Waals surface area contributed by atoms with Crippen molar-refractivity contribution in [1.29, 1.82) is 0 Å². The summed E-state index contributed by atoms with van der Waals surface area (Å²) in [6.45, 7) is 0. The number of carbonyl (C=O) groups excluding carboxylic acids is 1. The van der Waals surface area contributed by atoms with Crippen molar-refractivity contribution in [2.75, 3.05) is 11.5 Å². The zero-order valence-corrected chi connectivity index (χ0v) is 5.11. The Bertz CT molecular complexity index is 240. The van der Waals surface area contributed by atoms with E-state index in [-0.39, 0.29) is 17.2 Å². The first-order valence-electron chi connectivity index (χ1n) is 2.57. The lowest BCUT2D eigenvalue weighted by molar-refractivity contribution is 0.112. The van der Waals surface area contributed by atoms with Gasteiger partial charge in [0, 0.05) is 0 Å². The largest absolute Gasteiger partial charge is 0.383 e. The quantitative estimate of drug-likeness (QED) is 0.508. The zero-order chi connectivity index (χ0) is 7.56. The molecule has 1 aromatic rings. The Hall–Kier alpha value is -1.65. The molecular formula is C5H6N4O. The van der Waals surface area contributed by atoms with Gasteiger partial charge in [0.05, 0.1) is 5.56 Å². The highest BCUT2D eigenvalue weighted by molar-refractivity contribution is 5.87. The zero-order valence-electron chi connectivity index (χ0n) is 5.11. The van der Waals surface area contributed by atoms with Crippen molar-refractivity contribution >= 4 is 17.9 Å². The van der Waals surface area contributed by atoms with E-state index in [9.17, 15) is 4.79 Å². The van der Waals surface area contributed by atoms with E-state index in [0.29, 0.717) is 6.29 Å². The number of hydrogen-bond donors (Lipinski definition) is 2. The third kappa shape index (κ3) is 0.883. The number of nitrogens with two attached hydrogens (primary N) is 2. The van der Waals surface area contributed by atoms with Gasteiger partial charge in [-0.25, -0.2) is 9.97 Å². The van der Waals surface area contributed by atoms with E-state index >= 15 is 0 Å². The molecule has 0 fully saturated rings. The smallest absolute Gasteiger partial charge is 0.157 e. The van der Waals surface area contributed by atoms with Crippen molar-refractivity contribution in [1.82, 2.24) is 9.97 Å². The second-order valence-electron chi connectivity index (χ2n) is 1.68. The number of nitrogens with zero attached hydrogens (tertiary/aromatic N) is 2. The molecule has 0 amide bonds. The summed E-state index contributed by atoms with van der Waals surface area (Å²) in [5, 5.41) is 0. The average molecular weight is 138 g/mol. The fourth-order valence-corrected chi connectivity index (χ4v) is 0.544. The number of aldehydes is 1. The molecule has 0 aromatic carbocycles. The van der Waals surface area contributed by atoms with Gasteiger partial charge in [-0.2, -0.15) is 0 Å². The molecule has 0 bridgehead atoms. The maximum atomic E-state index is 10.2. The number of aromatic nitrogens is 2. The van der Waals surface area contributed by atoms with Crippen LogP contribution in [0.4, 0.5) is 11.6 Å². The first-order chi connectivity index (χ1) is 4.75.